The van der Waals surface area contributed by atoms with Crippen LogP contribution < -0.4 is 4.74 Å². The van der Waals surface area contributed by atoms with E-state index in [0.29, 0.717) is 12.1 Å². The second-order valence-electron chi connectivity index (χ2n) is 6.33. The Morgan fingerprint density at radius 2 is 1.67 bits per heavy atom. The second-order valence-corrected chi connectivity index (χ2v) is 6.33. The molecule has 0 aliphatic rings. The lowest BCUT2D eigenvalue weighted by Crippen LogP contribution is -2.42. The zero-order chi connectivity index (χ0) is 18.3. The van der Waals surface area contributed by atoms with Crippen LogP contribution in [0.4, 0.5) is 0 Å². The van der Waals surface area contributed by atoms with Gasteiger partial charge in [0.1, 0.15) is 5.75 Å². The molecule has 0 fully saturated rings. The molecule has 134 valence electrons. The van der Waals surface area contributed by atoms with Gasteiger partial charge in [0.15, 0.2) is 0 Å². The largest absolute Gasteiger partial charge is 0.491 e. The number of amides is 1. The van der Waals surface area contributed by atoms with Gasteiger partial charge in [0.05, 0.1) is 19.1 Å². The highest BCUT2D eigenvalue weighted by atomic mass is 16.5. The molecule has 2 atom stereocenters. The maximum absolute atomic E-state index is 12.9. The highest BCUT2D eigenvalue weighted by Crippen LogP contribution is 2.18. The summed E-state index contributed by atoms with van der Waals surface area (Å²) >= 11 is 0. The van der Waals surface area contributed by atoms with E-state index < -0.39 is 0 Å². The first-order valence-electron chi connectivity index (χ1n) is 8.45. The molecule has 0 aliphatic carbocycles. The molecular weight excluding hydrogens is 306 g/mol. The number of methoxy groups -OCH3 is 1. The normalized spacial score (nSPS) is 13.3. The van der Waals surface area contributed by atoms with Gasteiger partial charge in [-0.2, -0.15) is 0 Å². The van der Waals surface area contributed by atoms with E-state index in [9.17, 15) is 9.59 Å². The Balaban J connectivity index is 2.93. The van der Waals surface area contributed by atoms with E-state index >= 15 is 0 Å². The fraction of sp³-hybridized carbons (Fsp3) is 0.579. The summed E-state index contributed by atoms with van der Waals surface area (Å²) in [6, 6.07) is 7.16. The van der Waals surface area contributed by atoms with Crippen molar-refractivity contribution in [2.75, 3.05) is 13.7 Å². The van der Waals surface area contributed by atoms with Crippen LogP contribution in [0.25, 0.3) is 0 Å². The molecule has 0 aromatic heterocycles. The first kappa shape index (κ1) is 20.0. The summed E-state index contributed by atoms with van der Waals surface area (Å²) < 4.78 is 10.4. The van der Waals surface area contributed by atoms with E-state index in [1.807, 2.05) is 27.7 Å². The Labute approximate surface area is 144 Å². The van der Waals surface area contributed by atoms with Crippen LogP contribution in [0.1, 0.15) is 51.4 Å². The standard InChI is InChI=1S/C19H29NO4/c1-7-15(5)20(12-14(4)19(22)23-6)18(21)16-8-10-17(11-9-16)24-13(2)3/h8-11,13-15H,7,12H2,1-6H3. The predicted octanol–water partition coefficient (Wildman–Crippen LogP) is 3.52. The molecule has 0 N–H and O–H groups in total. The fourth-order valence-electron chi connectivity index (χ4n) is 2.37. The quantitative estimate of drug-likeness (QED) is 0.682. The number of esters is 1. The lowest BCUT2D eigenvalue weighted by Gasteiger charge is -2.30. The smallest absolute Gasteiger partial charge is 0.310 e. The van der Waals surface area contributed by atoms with Crippen molar-refractivity contribution < 1.29 is 19.1 Å². The Morgan fingerprint density at radius 1 is 1.08 bits per heavy atom. The van der Waals surface area contributed by atoms with Gasteiger partial charge >= 0.3 is 5.97 Å². The minimum absolute atomic E-state index is 0.0381. The molecular formula is C19H29NO4. The first-order chi connectivity index (χ1) is 11.3. The SMILES string of the molecule is CCC(C)N(CC(C)C(=O)OC)C(=O)c1ccc(OC(C)C)cc1. The molecule has 5 nitrogen and oxygen atoms in total. The summed E-state index contributed by atoms with van der Waals surface area (Å²) in [4.78, 5) is 26.3. The third-order valence-electron chi connectivity index (χ3n) is 3.93. The van der Waals surface area contributed by atoms with Gasteiger partial charge in [0, 0.05) is 18.2 Å². The minimum Gasteiger partial charge on any atom is -0.491 e. The molecule has 0 saturated carbocycles. The van der Waals surface area contributed by atoms with Crippen molar-refractivity contribution in [2.45, 2.75) is 53.2 Å². The van der Waals surface area contributed by atoms with Crippen molar-refractivity contribution in [1.29, 1.82) is 0 Å². The molecule has 24 heavy (non-hydrogen) atoms. The van der Waals surface area contributed by atoms with Gasteiger partial charge in [-0.3, -0.25) is 9.59 Å². The fourth-order valence-corrected chi connectivity index (χ4v) is 2.37. The van der Waals surface area contributed by atoms with E-state index in [1.54, 1.807) is 36.1 Å². The van der Waals surface area contributed by atoms with Crippen molar-refractivity contribution in [2.24, 2.45) is 5.92 Å². The maximum Gasteiger partial charge on any atom is 0.310 e. The predicted molar refractivity (Wildman–Crippen MR) is 94.2 cm³/mol. The third-order valence-corrected chi connectivity index (χ3v) is 3.93. The van der Waals surface area contributed by atoms with Gasteiger partial charge in [-0.05, 0) is 51.5 Å². The van der Waals surface area contributed by atoms with Crippen molar-refractivity contribution in [3.05, 3.63) is 29.8 Å². The van der Waals surface area contributed by atoms with Crippen LogP contribution in [0.15, 0.2) is 24.3 Å². The molecule has 1 rings (SSSR count). The molecule has 0 spiro atoms. The molecule has 0 heterocycles. The highest BCUT2D eigenvalue weighted by Gasteiger charge is 2.25. The maximum atomic E-state index is 12.9. The molecule has 5 heteroatoms. The van der Waals surface area contributed by atoms with Gasteiger partial charge in [-0.25, -0.2) is 0 Å². The van der Waals surface area contributed by atoms with Crippen LogP contribution in [-0.4, -0.2) is 42.6 Å². The summed E-state index contributed by atoms with van der Waals surface area (Å²) in [6.45, 7) is 10.0. The van der Waals surface area contributed by atoms with Crippen LogP contribution >= 0.6 is 0 Å². The van der Waals surface area contributed by atoms with Crippen LogP contribution in [0, 0.1) is 5.92 Å². The lowest BCUT2D eigenvalue weighted by atomic mass is 10.1. The molecule has 0 aliphatic heterocycles. The number of nitrogens with zero attached hydrogens (tertiary/aromatic N) is 1. The molecule has 0 saturated heterocycles. The van der Waals surface area contributed by atoms with Crippen LogP contribution in [0.2, 0.25) is 0 Å². The molecule has 0 bridgehead atoms. The average molecular weight is 335 g/mol. The molecule has 1 aromatic rings. The summed E-state index contributed by atoms with van der Waals surface area (Å²) in [5, 5.41) is 0. The molecule has 1 aromatic carbocycles. The third kappa shape index (κ3) is 5.55. The van der Waals surface area contributed by atoms with Crippen molar-refractivity contribution in [1.82, 2.24) is 4.90 Å². The van der Waals surface area contributed by atoms with E-state index in [1.165, 1.54) is 7.11 Å². The van der Waals surface area contributed by atoms with E-state index in [2.05, 4.69) is 0 Å². The van der Waals surface area contributed by atoms with Gasteiger partial charge < -0.3 is 14.4 Å². The van der Waals surface area contributed by atoms with Crippen LogP contribution in [0.3, 0.4) is 0 Å². The number of benzene rings is 1. The van der Waals surface area contributed by atoms with Crippen molar-refractivity contribution in [3.63, 3.8) is 0 Å². The van der Waals surface area contributed by atoms with Crippen molar-refractivity contribution >= 4 is 11.9 Å². The minimum atomic E-state index is -0.364. The summed E-state index contributed by atoms with van der Waals surface area (Å²) in [5.74, 6) is -0.0240. The molecule has 2 unspecified atom stereocenters. The number of carbonyl (C=O) groups is 2. The van der Waals surface area contributed by atoms with Crippen LogP contribution in [0.5, 0.6) is 5.75 Å². The Hall–Kier alpha value is -2.04. The van der Waals surface area contributed by atoms with Crippen molar-refractivity contribution in [3.8, 4) is 5.75 Å². The Kier molecular flexibility index (Phi) is 7.75. The zero-order valence-corrected chi connectivity index (χ0v) is 15.5. The second kappa shape index (κ2) is 9.30. The zero-order valence-electron chi connectivity index (χ0n) is 15.5. The highest BCUT2D eigenvalue weighted by molar-refractivity contribution is 5.94. The molecule has 1 amide bonds. The van der Waals surface area contributed by atoms with Gasteiger partial charge in [0.25, 0.3) is 5.91 Å². The lowest BCUT2D eigenvalue weighted by molar-refractivity contribution is -0.145. The average Bonchev–Trinajstić information content (AvgIpc) is 2.57. The van der Waals surface area contributed by atoms with Gasteiger partial charge in [-0.15, -0.1) is 0 Å². The Morgan fingerprint density at radius 3 is 2.12 bits per heavy atom. The van der Waals surface area contributed by atoms with E-state index in [4.69, 9.17) is 9.47 Å². The summed E-state index contributed by atoms with van der Waals surface area (Å²) in [5.41, 5.74) is 0.587. The van der Waals surface area contributed by atoms with Crippen LogP contribution in [-0.2, 0) is 9.53 Å². The number of hydrogen-bond donors (Lipinski definition) is 0. The first-order valence-corrected chi connectivity index (χ1v) is 8.45. The summed E-state index contributed by atoms with van der Waals surface area (Å²) in [6.07, 6.45) is 0.901. The number of ether oxygens (including phenoxy) is 2. The summed E-state index contributed by atoms with van der Waals surface area (Å²) in [7, 11) is 1.36. The monoisotopic (exact) mass is 335 g/mol. The molecule has 0 radical (unpaired) electrons. The van der Waals surface area contributed by atoms with E-state index in [-0.39, 0.29) is 29.9 Å². The topological polar surface area (TPSA) is 55.8 Å². The number of hydrogen-bond acceptors (Lipinski definition) is 4. The Bertz CT molecular complexity index is 539. The van der Waals surface area contributed by atoms with Gasteiger partial charge in [0.2, 0.25) is 0 Å². The number of rotatable bonds is 8. The van der Waals surface area contributed by atoms with E-state index in [0.717, 1.165) is 12.2 Å². The number of carbonyl (C=O) groups excluding carboxylic acids is 2. The van der Waals surface area contributed by atoms with Gasteiger partial charge in [-0.1, -0.05) is 13.8 Å².